The van der Waals surface area contributed by atoms with Gasteiger partial charge in [0.05, 0.1) is 5.02 Å². The fraction of sp³-hybridized carbons (Fsp3) is 0.182. The maximum atomic E-state index is 13.2. The SMILES string of the molecule is CC(=O)SCC=Cc1c(F)cccc1Cl. The summed E-state index contributed by atoms with van der Waals surface area (Å²) < 4.78 is 13.2. The molecule has 0 saturated heterocycles. The number of carbonyl (C=O) groups excluding carboxylic acids is 1. The Morgan fingerprint density at radius 3 is 2.93 bits per heavy atom. The second-order valence-corrected chi connectivity index (χ2v) is 4.44. The van der Waals surface area contributed by atoms with Crippen molar-refractivity contribution in [3.05, 3.63) is 40.7 Å². The normalized spacial score (nSPS) is 10.9. The lowest BCUT2D eigenvalue weighted by atomic mass is 10.2. The van der Waals surface area contributed by atoms with Crippen molar-refractivity contribution in [2.45, 2.75) is 6.92 Å². The van der Waals surface area contributed by atoms with Crippen molar-refractivity contribution >= 4 is 34.6 Å². The van der Waals surface area contributed by atoms with Crippen LogP contribution in [0, 0.1) is 5.82 Å². The molecule has 0 heterocycles. The number of rotatable bonds is 3. The van der Waals surface area contributed by atoms with Gasteiger partial charge in [0.25, 0.3) is 0 Å². The Morgan fingerprint density at radius 2 is 2.33 bits per heavy atom. The first-order chi connectivity index (χ1) is 7.11. The third-order valence-electron chi connectivity index (χ3n) is 1.67. The van der Waals surface area contributed by atoms with Crippen LogP contribution in [0.2, 0.25) is 5.02 Å². The van der Waals surface area contributed by atoms with Crippen LogP contribution in [0.5, 0.6) is 0 Å². The molecule has 15 heavy (non-hydrogen) atoms. The van der Waals surface area contributed by atoms with Gasteiger partial charge in [-0.3, -0.25) is 4.79 Å². The van der Waals surface area contributed by atoms with E-state index in [1.165, 1.54) is 24.8 Å². The highest BCUT2D eigenvalue weighted by molar-refractivity contribution is 8.13. The molecule has 0 saturated carbocycles. The van der Waals surface area contributed by atoms with Gasteiger partial charge in [-0.15, -0.1) is 0 Å². The highest BCUT2D eigenvalue weighted by atomic mass is 35.5. The fourth-order valence-electron chi connectivity index (χ4n) is 1.00. The average molecular weight is 245 g/mol. The van der Waals surface area contributed by atoms with Gasteiger partial charge in [0.15, 0.2) is 5.12 Å². The van der Waals surface area contributed by atoms with Crippen molar-refractivity contribution in [3.63, 3.8) is 0 Å². The molecule has 0 N–H and O–H groups in total. The van der Waals surface area contributed by atoms with E-state index in [4.69, 9.17) is 11.6 Å². The van der Waals surface area contributed by atoms with Crippen LogP contribution in [0.25, 0.3) is 6.08 Å². The van der Waals surface area contributed by atoms with E-state index in [1.807, 2.05) is 0 Å². The number of hydrogen-bond acceptors (Lipinski definition) is 2. The van der Waals surface area contributed by atoms with Crippen molar-refractivity contribution in [1.82, 2.24) is 0 Å². The number of hydrogen-bond donors (Lipinski definition) is 0. The molecular weight excluding hydrogens is 235 g/mol. The van der Waals surface area contributed by atoms with Crippen LogP contribution in [0.15, 0.2) is 24.3 Å². The first-order valence-corrected chi connectivity index (χ1v) is 5.71. The summed E-state index contributed by atoms with van der Waals surface area (Å²) in [5, 5.41) is 0.415. The Balaban J connectivity index is 2.67. The molecule has 0 aliphatic rings. The molecule has 0 aromatic heterocycles. The summed E-state index contributed by atoms with van der Waals surface area (Å²) in [6.45, 7) is 1.49. The van der Waals surface area contributed by atoms with E-state index in [9.17, 15) is 9.18 Å². The van der Waals surface area contributed by atoms with Crippen LogP contribution >= 0.6 is 23.4 Å². The molecule has 1 rings (SSSR count). The van der Waals surface area contributed by atoms with E-state index in [1.54, 1.807) is 24.3 Å². The molecule has 0 aliphatic heterocycles. The van der Waals surface area contributed by atoms with Crippen molar-refractivity contribution < 1.29 is 9.18 Å². The first-order valence-electron chi connectivity index (χ1n) is 4.35. The van der Waals surface area contributed by atoms with E-state index in [0.717, 1.165) is 0 Å². The summed E-state index contributed by atoms with van der Waals surface area (Å²) in [5.74, 6) is 0.173. The van der Waals surface area contributed by atoms with Crippen molar-refractivity contribution in [2.75, 3.05) is 5.75 Å². The minimum atomic E-state index is -0.355. The van der Waals surface area contributed by atoms with Crippen LogP contribution < -0.4 is 0 Å². The summed E-state index contributed by atoms with van der Waals surface area (Å²) in [6, 6.07) is 4.53. The Bertz CT molecular complexity index is 370. The minimum Gasteiger partial charge on any atom is -0.288 e. The number of benzene rings is 1. The number of halogens is 2. The second-order valence-electron chi connectivity index (χ2n) is 2.84. The van der Waals surface area contributed by atoms with Crippen LogP contribution in [0.3, 0.4) is 0 Å². The zero-order valence-electron chi connectivity index (χ0n) is 8.17. The first kappa shape index (κ1) is 12.3. The molecule has 1 nitrogen and oxygen atoms in total. The van der Waals surface area contributed by atoms with Gasteiger partial charge in [-0.25, -0.2) is 4.39 Å². The van der Waals surface area contributed by atoms with Gasteiger partial charge in [-0.05, 0) is 12.1 Å². The Hall–Kier alpha value is -0.800. The molecule has 1 aromatic carbocycles. The highest BCUT2D eigenvalue weighted by Gasteiger charge is 2.02. The van der Waals surface area contributed by atoms with E-state index in [0.29, 0.717) is 16.3 Å². The lowest BCUT2D eigenvalue weighted by Crippen LogP contribution is -1.84. The predicted octanol–water partition coefficient (Wildman–Crippen LogP) is 3.77. The molecule has 0 radical (unpaired) electrons. The minimum absolute atomic E-state index is 0.0410. The standard InChI is InChI=1S/C11H10ClFOS/c1-8(14)15-7-3-4-9-10(12)5-2-6-11(9)13/h2-6H,7H2,1H3. The van der Waals surface area contributed by atoms with Crippen molar-refractivity contribution in [2.24, 2.45) is 0 Å². The smallest absolute Gasteiger partial charge is 0.186 e. The number of thioether (sulfide) groups is 1. The van der Waals surface area contributed by atoms with Gasteiger partial charge >= 0.3 is 0 Å². The van der Waals surface area contributed by atoms with Gasteiger partial charge in [0.1, 0.15) is 5.82 Å². The monoisotopic (exact) mass is 244 g/mol. The zero-order valence-corrected chi connectivity index (χ0v) is 9.74. The summed E-state index contributed by atoms with van der Waals surface area (Å²) in [4.78, 5) is 10.6. The van der Waals surface area contributed by atoms with Crippen LogP contribution in [-0.4, -0.2) is 10.9 Å². The Morgan fingerprint density at radius 1 is 1.60 bits per heavy atom. The van der Waals surface area contributed by atoms with Gasteiger partial charge in [-0.1, -0.05) is 41.6 Å². The maximum Gasteiger partial charge on any atom is 0.186 e. The molecule has 80 valence electrons. The molecule has 0 spiro atoms. The molecule has 0 atom stereocenters. The molecule has 0 bridgehead atoms. The van der Waals surface area contributed by atoms with Crippen LogP contribution in [0.4, 0.5) is 4.39 Å². The summed E-state index contributed by atoms with van der Waals surface area (Å²) in [7, 11) is 0. The molecular formula is C11H10ClFOS. The fourth-order valence-corrected chi connectivity index (χ4v) is 1.65. The van der Waals surface area contributed by atoms with E-state index >= 15 is 0 Å². The lowest BCUT2D eigenvalue weighted by Gasteiger charge is -1.98. The molecule has 0 unspecified atom stereocenters. The summed E-state index contributed by atoms with van der Waals surface area (Å²) in [5.41, 5.74) is 0.364. The molecule has 0 fully saturated rings. The highest BCUT2D eigenvalue weighted by Crippen LogP contribution is 2.20. The van der Waals surface area contributed by atoms with Gasteiger partial charge in [0.2, 0.25) is 0 Å². The lowest BCUT2D eigenvalue weighted by molar-refractivity contribution is -0.109. The largest absolute Gasteiger partial charge is 0.288 e. The third kappa shape index (κ3) is 4.06. The van der Waals surface area contributed by atoms with E-state index < -0.39 is 0 Å². The van der Waals surface area contributed by atoms with Crippen LogP contribution in [0.1, 0.15) is 12.5 Å². The average Bonchev–Trinajstić information content (AvgIpc) is 2.15. The zero-order chi connectivity index (χ0) is 11.3. The predicted molar refractivity (Wildman–Crippen MR) is 63.6 cm³/mol. The summed E-state index contributed by atoms with van der Waals surface area (Å²) in [6.07, 6.45) is 3.31. The Labute approximate surface area is 97.3 Å². The molecule has 4 heteroatoms. The molecule has 0 aliphatic carbocycles. The number of carbonyl (C=O) groups is 1. The summed E-state index contributed by atoms with van der Waals surface area (Å²) >= 11 is 6.98. The van der Waals surface area contributed by atoms with Gasteiger partial charge < -0.3 is 0 Å². The van der Waals surface area contributed by atoms with Gasteiger partial charge in [0, 0.05) is 18.2 Å². The Kier molecular flexibility index (Phi) is 4.85. The topological polar surface area (TPSA) is 17.1 Å². The molecule has 0 amide bonds. The maximum absolute atomic E-state index is 13.2. The quantitative estimate of drug-likeness (QED) is 0.805. The van der Waals surface area contributed by atoms with Crippen molar-refractivity contribution in [1.29, 1.82) is 0 Å². The van der Waals surface area contributed by atoms with E-state index in [-0.39, 0.29) is 10.9 Å². The molecule has 1 aromatic rings. The van der Waals surface area contributed by atoms with Crippen molar-refractivity contribution in [3.8, 4) is 0 Å². The third-order valence-corrected chi connectivity index (χ3v) is 2.76. The van der Waals surface area contributed by atoms with Crippen LogP contribution in [-0.2, 0) is 4.79 Å². The van der Waals surface area contributed by atoms with Gasteiger partial charge in [-0.2, -0.15) is 0 Å². The van der Waals surface area contributed by atoms with E-state index in [2.05, 4.69) is 0 Å². The second kappa shape index (κ2) is 5.93.